The molecule has 0 fully saturated rings. The van der Waals surface area contributed by atoms with E-state index >= 15 is 0 Å². The van der Waals surface area contributed by atoms with Gasteiger partial charge in [-0.25, -0.2) is 18.4 Å². The molecular weight excluding hydrogens is 356 g/mol. The van der Waals surface area contributed by atoms with E-state index in [2.05, 4.69) is 5.32 Å². The summed E-state index contributed by atoms with van der Waals surface area (Å²) < 4.78 is 31.7. The summed E-state index contributed by atoms with van der Waals surface area (Å²) in [7, 11) is 0. The van der Waals surface area contributed by atoms with Crippen LogP contribution in [-0.4, -0.2) is 28.8 Å². The number of alkyl carbamates (subject to hydrolysis) is 1. The van der Waals surface area contributed by atoms with Gasteiger partial charge in [0.1, 0.15) is 23.3 Å². The van der Waals surface area contributed by atoms with Crippen LogP contribution in [0.5, 0.6) is 0 Å². The average molecular weight is 377 g/mol. The van der Waals surface area contributed by atoms with Gasteiger partial charge in [-0.2, -0.15) is 0 Å². The van der Waals surface area contributed by atoms with Crippen LogP contribution >= 0.6 is 0 Å². The van der Waals surface area contributed by atoms with Crippen molar-refractivity contribution >= 4 is 12.1 Å². The number of halogens is 2. The van der Waals surface area contributed by atoms with Crippen molar-refractivity contribution in [2.24, 2.45) is 0 Å². The number of hydrogen-bond acceptors (Lipinski definition) is 3. The van der Waals surface area contributed by atoms with E-state index in [1.165, 1.54) is 12.1 Å². The number of ether oxygens (including phenoxy) is 1. The Labute approximate surface area is 156 Å². The molecule has 0 aliphatic carbocycles. The van der Waals surface area contributed by atoms with Gasteiger partial charge in [0.05, 0.1) is 0 Å². The zero-order valence-electron chi connectivity index (χ0n) is 15.3. The fraction of sp³-hybridized carbons (Fsp3) is 0.300. The predicted octanol–water partition coefficient (Wildman–Crippen LogP) is 4.15. The lowest BCUT2D eigenvalue weighted by atomic mass is 10.0. The quantitative estimate of drug-likeness (QED) is 0.821. The summed E-state index contributed by atoms with van der Waals surface area (Å²) in [5.74, 6) is -2.56. The standard InChI is InChI=1S/C20H21F2NO4/c1-20(2,3)27-19(26)23-17(18(24)25)8-12-4-6-13(7-5-12)14-9-15(21)11-16(22)10-14/h4-7,9-11,17H,8H2,1-3H3,(H,23,26)(H,24,25). The van der Waals surface area contributed by atoms with Gasteiger partial charge in [0.25, 0.3) is 0 Å². The average Bonchev–Trinajstić information content (AvgIpc) is 2.52. The van der Waals surface area contributed by atoms with Gasteiger partial charge in [-0.1, -0.05) is 24.3 Å². The van der Waals surface area contributed by atoms with Crippen molar-refractivity contribution in [3.63, 3.8) is 0 Å². The fourth-order valence-corrected chi connectivity index (χ4v) is 2.44. The molecule has 0 aromatic heterocycles. The van der Waals surface area contributed by atoms with E-state index in [9.17, 15) is 23.5 Å². The fourth-order valence-electron chi connectivity index (χ4n) is 2.44. The van der Waals surface area contributed by atoms with Crippen LogP contribution < -0.4 is 5.32 Å². The topological polar surface area (TPSA) is 75.6 Å². The minimum atomic E-state index is -1.20. The second-order valence-corrected chi connectivity index (χ2v) is 7.10. The molecule has 27 heavy (non-hydrogen) atoms. The Hall–Kier alpha value is -2.96. The molecule has 2 aromatic carbocycles. The number of amides is 1. The Morgan fingerprint density at radius 3 is 2.07 bits per heavy atom. The molecule has 0 aliphatic heterocycles. The van der Waals surface area contributed by atoms with Gasteiger partial charge >= 0.3 is 12.1 Å². The monoisotopic (exact) mass is 377 g/mol. The van der Waals surface area contributed by atoms with Gasteiger partial charge in [-0.15, -0.1) is 0 Å². The maximum absolute atomic E-state index is 13.3. The van der Waals surface area contributed by atoms with Crippen molar-refractivity contribution in [2.75, 3.05) is 0 Å². The first-order chi connectivity index (χ1) is 12.5. The highest BCUT2D eigenvalue weighted by molar-refractivity contribution is 5.80. The van der Waals surface area contributed by atoms with Gasteiger partial charge in [0.15, 0.2) is 0 Å². The van der Waals surface area contributed by atoms with Crippen LogP contribution in [0.2, 0.25) is 0 Å². The molecule has 1 unspecified atom stereocenters. The molecular formula is C20H21F2NO4. The summed E-state index contributed by atoms with van der Waals surface area (Å²) in [6.07, 6.45) is -0.784. The van der Waals surface area contributed by atoms with E-state index in [0.29, 0.717) is 16.7 Å². The zero-order valence-corrected chi connectivity index (χ0v) is 15.3. The third-order valence-corrected chi connectivity index (χ3v) is 3.58. The van der Waals surface area contributed by atoms with Crippen LogP contribution in [-0.2, 0) is 16.0 Å². The van der Waals surface area contributed by atoms with Crippen molar-refractivity contribution < 1.29 is 28.2 Å². The second-order valence-electron chi connectivity index (χ2n) is 7.10. The maximum atomic E-state index is 13.3. The maximum Gasteiger partial charge on any atom is 0.408 e. The number of carbonyl (C=O) groups excluding carboxylic acids is 1. The Morgan fingerprint density at radius 2 is 1.59 bits per heavy atom. The Bertz CT molecular complexity index is 809. The van der Waals surface area contributed by atoms with Crippen LogP contribution in [0.3, 0.4) is 0 Å². The molecule has 144 valence electrons. The lowest BCUT2D eigenvalue weighted by Crippen LogP contribution is -2.44. The van der Waals surface area contributed by atoms with E-state index in [-0.39, 0.29) is 6.42 Å². The smallest absolute Gasteiger partial charge is 0.408 e. The van der Waals surface area contributed by atoms with E-state index in [4.69, 9.17) is 4.74 Å². The Morgan fingerprint density at radius 1 is 1.04 bits per heavy atom. The molecule has 0 bridgehead atoms. The van der Waals surface area contributed by atoms with E-state index in [1.54, 1.807) is 45.0 Å². The minimum absolute atomic E-state index is 0.0341. The van der Waals surface area contributed by atoms with E-state index < -0.39 is 35.3 Å². The first-order valence-corrected chi connectivity index (χ1v) is 8.31. The highest BCUT2D eigenvalue weighted by atomic mass is 19.1. The largest absolute Gasteiger partial charge is 0.480 e. The lowest BCUT2D eigenvalue weighted by Gasteiger charge is -2.22. The zero-order chi connectivity index (χ0) is 20.2. The number of carbonyl (C=O) groups is 2. The van der Waals surface area contributed by atoms with Gasteiger partial charge in [0.2, 0.25) is 0 Å². The number of rotatable bonds is 5. The molecule has 2 aromatic rings. The second kappa shape index (κ2) is 8.16. The number of benzene rings is 2. The van der Waals surface area contributed by atoms with Crippen molar-refractivity contribution in [1.29, 1.82) is 0 Å². The number of carboxylic acid groups (broad SMARTS) is 1. The predicted molar refractivity (Wildman–Crippen MR) is 96.3 cm³/mol. The first-order valence-electron chi connectivity index (χ1n) is 8.31. The van der Waals surface area contributed by atoms with Crippen molar-refractivity contribution in [3.05, 3.63) is 59.7 Å². The third kappa shape index (κ3) is 6.36. The highest BCUT2D eigenvalue weighted by Gasteiger charge is 2.24. The van der Waals surface area contributed by atoms with Crippen LogP contribution in [0.4, 0.5) is 13.6 Å². The van der Waals surface area contributed by atoms with Crippen LogP contribution in [0.1, 0.15) is 26.3 Å². The molecule has 2 N–H and O–H groups in total. The molecule has 2 rings (SSSR count). The van der Waals surface area contributed by atoms with Crippen LogP contribution in [0.15, 0.2) is 42.5 Å². The number of carboxylic acids is 1. The Kier molecular flexibility index (Phi) is 6.15. The first kappa shape index (κ1) is 20.4. The highest BCUT2D eigenvalue weighted by Crippen LogP contribution is 2.22. The normalized spacial score (nSPS) is 12.3. The molecule has 1 amide bonds. The van der Waals surface area contributed by atoms with Crippen molar-refractivity contribution in [3.8, 4) is 11.1 Å². The van der Waals surface area contributed by atoms with Crippen LogP contribution in [0, 0.1) is 11.6 Å². The van der Waals surface area contributed by atoms with Gasteiger partial charge < -0.3 is 15.2 Å². The third-order valence-electron chi connectivity index (χ3n) is 3.58. The number of aliphatic carboxylic acids is 1. The minimum Gasteiger partial charge on any atom is -0.480 e. The summed E-state index contributed by atoms with van der Waals surface area (Å²) in [5, 5.41) is 11.6. The molecule has 0 aliphatic rings. The molecule has 1 atom stereocenters. The molecule has 7 heteroatoms. The molecule has 0 heterocycles. The molecule has 0 saturated heterocycles. The van der Waals surface area contributed by atoms with Gasteiger partial charge in [0, 0.05) is 12.5 Å². The molecule has 5 nitrogen and oxygen atoms in total. The molecule has 0 radical (unpaired) electrons. The summed E-state index contributed by atoms with van der Waals surface area (Å²) in [4.78, 5) is 23.2. The van der Waals surface area contributed by atoms with E-state index in [1.807, 2.05) is 0 Å². The summed E-state index contributed by atoms with van der Waals surface area (Å²) in [6.45, 7) is 5.03. The summed E-state index contributed by atoms with van der Waals surface area (Å²) >= 11 is 0. The van der Waals surface area contributed by atoms with E-state index in [0.717, 1.165) is 6.07 Å². The molecule has 0 spiro atoms. The SMILES string of the molecule is CC(C)(C)OC(=O)NC(Cc1ccc(-c2cc(F)cc(F)c2)cc1)C(=O)O. The van der Waals surface area contributed by atoms with Gasteiger partial charge in [-0.3, -0.25) is 0 Å². The number of hydrogen-bond donors (Lipinski definition) is 2. The Balaban J connectivity index is 2.10. The molecule has 0 saturated carbocycles. The van der Waals surface area contributed by atoms with Crippen molar-refractivity contribution in [2.45, 2.75) is 38.8 Å². The summed E-state index contributed by atoms with van der Waals surface area (Å²) in [6, 6.07) is 8.60. The lowest BCUT2D eigenvalue weighted by molar-refractivity contribution is -0.139. The van der Waals surface area contributed by atoms with Crippen LogP contribution in [0.25, 0.3) is 11.1 Å². The van der Waals surface area contributed by atoms with Gasteiger partial charge in [-0.05, 0) is 49.6 Å². The van der Waals surface area contributed by atoms with Crippen molar-refractivity contribution in [1.82, 2.24) is 5.32 Å². The summed E-state index contributed by atoms with van der Waals surface area (Å²) in [5.41, 5.74) is 0.860. The number of nitrogens with one attached hydrogen (secondary N) is 1.